The Morgan fingerprint density at radius 2 is 2.33 bits per heavy atom. The number of hydrogen-bond acceptors (Lipinski definition) is 2. The highest BCUT2D eigenvalue weighted by Crippen LogP contribution is 2.20. The minimum atomic E-state index is -0.375. The summed E-state index contributed by atoms with van der Waals surface area (Å²) in [5.41, 5.74) is 6.96. The van der Waals surface area contributed by atoms with Gasteiger partial charge in [-0.25, -0.2) is 4.39 Å². The van der Waals surface area contributed by atoms with Crippen LogP contribution in [0.1, 0.15) is 31.2 Å². The Balaban J connectivity index is 1.78. The topological polar surface area (TPSA) is 35.2 Å². The quantitative estimate of drug-likeness (QED) is 0.892. The SMILES string of the molecule is NC(CCC1CCCO1)Cc1ccc(Cl)c(F)c1. The number of hydrogen-bond donors (Lipinski definition) is 1. The summed E-state index contributed by atoms with van der Waals surface area (Å²) in [6, 6.07) is 4.93. The molecule has 18 heavy (non-hydrogen) atoms. The molecule has 2 rings (SSSR count). The second-order valence-electron chi connectivity index (χ2n) is 4.93. The van der Waals surface area contributed by atoms with Crippen LogP contribution in [0.25, 0.3) is 0 Å². The molecular weight excluding hydrogens is 253 g/mol. The molecule has 0 aliphatic carbocycles. The van der Waals surface area contributed by atoms with Crippen LogP contribution in [0.3, 0.4) is 0 Å². The number of nitrogens with two attached hydrogens (primary N) is 1. The van der Waals surface area contributed by atoms with Gasteiger partial charge >= 0.3 is 0 Å². The van der Waals surface area contributed by atoms with E-state index in [4.69, 9.17) is 22.1 Å². The maximum atomic E-state index is 13.3. The Hall–Kier alpha value is -0.640. The molecule has 0 radical (unpaired) electrons. The van der Waals surface area contributed by atoms with Gasteiger partial charge < -0.3 is 10.5 Å². The monoisotopic (exact) mass is 271 g/mol. The van der Waals surface area contributed by atoms with Crippen LogP contribution in [-0.4, -0.2) is 18.8 Å². The molecule has 2 nitrogen and oxygen atoms in total. The number of benzene rings is 1. The summed E-state index contributed by atoms with van der Waals surface area (Å²) in [5, 5.41) is 0.159. The summed E-state index contributed by atoms with van der Waals surface area (Å²) in [4.78, 5) is 0. The van der Waals surface area contributed by atoms with Crippen LogP contribution in [-0.2, 0) is 11.2 Å². The van der Waals surface area contributed by atoms with E-state index in [9.17, 15) is 4.39 Å². The average Bonchev–Trinajstić information content (AvgIpc) is 2.84. The van der Waals surface area contributed by atoms with Gasteiger partial charge in [0.2, 0.25) is 0 Å². The van der Waals surface area contributed by atoms with E-state index < -0.39 is 0 Å². The highest BCUT2D eigenvalue weighted by atomic mass is 35.5. The Morgan fingerprint density at radius 3 is 3.00 bits per heavy atom. The highest BCUT2D eigenvalue weighted by molar-refractivity contribution is 6.30. The van der Waals surface area contributed by atoms with Gasteiger partial charge in [0.25, 0.3) is 0 Å². The van der Waals surface area contributed by atoms with Crippen molar-refractivity contribution in [3.63, 3.8) is 0 Å². The molecule has 4 heteroatoms. The molecule has 2 atom stereocenters. The van der Waals surface area contributed by atoms with Crippen molar-refractivity contribution in [3.05, 3.63) is 34.6 Å². The fourth-order valence-electron chi connectivity index (χ4n) is 2.34. The zero-order valence-electron chi connectivity index (χ0n) is 10.4. The lowest BCUT2D eigenvalue weighted by molar-refractivity contribution is 0.101. The molecule has 2 N–H and O–H groups in total. The highest BCUT2D eigenvalue weighted by Gasteiger charge is 2.16. The Kier molecular flexibility index (Phi) is 4.98. The molecule has 0 amide bonds. The van der Waals surface area contributed by atoms with Crippen molar-refractivity contribution in [2.45, 2.75) is 44.2 Å². The van der Waals surface area contributed by atoms with Crippen molar-refractivity contribution in [1.82, 2.24) is 0 Å². The Labute approximate surface area is 112 Å². The van der Waals surface area contributed by atoms with Crippen molar-refractivity contribution >= 4 is 11.6 Å². The third-order valence-corrected chi connectivity index (χ3v) is 3.67. The molecule has 1 fully saturated rings. The Bertz CT molecular complexity index is 393. The summed E-state index contributed by atoms with van der Waals surface area (Å²) in [6.07, 6.45) is 5.26. The lowest BCUT2D eigenvalue weighted by Gasteiger charge is -2.14. The molecule has 1 aromatic rings. The second kappa shape index (κ2) is 6.50. The van der Waals surface area contributed by atoms with Gasteiger partial charge in [-0.1, -0.05) is 17.7 Å². The standard InChI is InChI=1S/C14H19ClFNO/c15-13-6-3-10(9-14(13)16)8-11(17)4-5-12-2-1-7-18-12/h3,6,9,11-12H,1-2,4-5,7-8,17H2. The van der Waals surface area contributed by atoms with Crippen LogP contribution in [0.5, 0.6) is 0 Å². The molecule has 0 bridgehead atoms. The predicted molar refractivity (Wildman–Crippen MR) is 71.3 cm³/mol. The predicted octanol–water partition coefficient (Wildman–Crippen LogP) is 3.31. The van der Waals surface area contributed by atoms with Gasteiger partial charge in [-0.15, -0.1) is 0 Å². The first kappa shape index (κ1) is 13.8. The second-order valence-corrected chi connectivity index (χ2v) is 5.33. The zero-order chi connectivity index (χ0) is 13.0. The minimum absolute atomic E-state index is 0.0507. The summed E-state index contributed by atoms with van der Waals surface area (Å²) < 4.78 is 18.8. The minimum Gasteiger partial charge on any atom is -0.378 e. The van der Waals surface area contributed by atoms with Crippen molar-refractivity contribution in [1.29, 1.82) is 0 Å². The zero-order valence-corrected chi connectivity index (χ0v) is 11.1. The fraction of sp³-hybridized carbons (Fsp3) is 0.571. The van der Waals surface area contributed by atoms with Crippen molar-refractivity contribution in [3.8, 4) is 0 Å². The lowest BCUT2D eigenvalue weighted by atomic mass is 10.00. The van der Waals surface area contributed by atoms with Crippen LogP contribution < -0.4 is 5.73 Å². The summed E-state index contributed by atoms with van der Waals surface area (Å²) in [7, 11) is 0. The third kappa shape index (κ3) is 3.94. The average molecular weight is 272 g/mol. The van der Waals surface area contributed by atoms with Gasteiger partial charge in [0, 0.05) is 12.6 Å². The number of ether oxygens (including phenoxy) is 1. The molecule has 0 aromatic heterocycles. The van der Waals surface area contributed by atoms with E-state index in [0.717, 1.165) is 37.9 Å². The van der Waals surface area contributed by atoms with Crippen LogP contribution in [0.4, 0.5) is 4.39 Å². The first-order valence-electron chi connectivity index (χ1n) is 6.46. The van der Waals surface area contributed by atoms with E-state index in [2.05, 4.69) is 0 Å². The van der Waals surface area contributed by atoms with Gasteiger partial charge in [-0.05, 0) is 49.8 Å². The first-order valence-corrected chi connectivity index (χ1v) is 6.84. The summed E-state index contributed by atoms with van der Waals surface area (Å²) in [5.74, 6) is -0.375. The molecule has 1 aliphatic rings. The summed E-state index contributed by atoms with van der Waals surface area (Å²) in [6.45, 7) is 0.877. The molecule has 0 spiro atoms. The molecular formula is C14H19ClFNO. The van der Waals surface area contributed by atoms with Crippen molar-refractivity contribution < 1.29 is 9.13 Å². The maximum Gasteiger partial charge on any atom is 0.142 e. The molecule has 2 unspecified atom stereocenters. The van der Waals surface area contributed by atoms with Gasteiger partial charge in [0.05, 0.1) is 11.1 Å². The van der Waals surface area contributed by atoms with Gasteiger partial charge in [0.15, 0.2) is 0 Å². The lowest BCUT2D eigenvalue weighted by Crippen LogP contribution is -2.24. The van der Waals surface area contributed by atoms with Crippen LogP contribution >= 0.6 is 11.6 Å². The fourth-order valence-corrected chi connectivity index (χ4v) is 2.46. The molecule has 1 aromatic carbocycles. The largest absolute Gasteiger partial charge is 0.378 e. The summed E-state index contributed by atoms with van der Waals surface area (Å²) >= 11 is 5.64. The molecule has 1 heterocycles. The van der Waals surface area contributed by atoms with E-state index in [1.165, 1.54) is 6.07 Å². The Morgan fingerprint density at radius 1 is 1.50 bits per heavy atom. The molecule has 1 aliphatic heterocycles. The van der Waals surface area contributed by atoms with E-state index in [0.29, 0.717) is 12.5 Å². The van der Waals surface area contributed by atoms with E-state index >= 15 is 0 Å². The third-order valence-electron chi connectivity index (χ3n) is 3.37. The maximum absolute atomic E-state index is 13.3. The van der Waals surface area contributed by atoms with Gasteiger partial charge in [-0.2, -0.15) is 0 Å². The molecule has 0 saturated carbocycles. The van der Waals surface area contributed by atoms with Gasteiger partial charge in [0.1, 0.15) is 5.82 Å². The van der Waals surface area contributed by atoms with E-state index in [1.54, 1.807) is 6.07 Å². The van der Waals surface area contributed by atoms with Crippen molar-refractivity contribution in [2.24, 2.45) is 5.73 Å². The van der Waals surface area contributed by atoms with Crippen LogP contribution in [0, 0.1) is 5.82 Å². The number of rotatable bonds is 5. The molecule has 1 saturated heterocycles. The first-order chi connectivity index (χ1) is 8.65. The van der Waals surface area contributed by atoms with Crippen LogP contribution in [0.2, 0.25) is 5.02 Å². The van der Waals surface area contributed by atoms with E-state index in [-0.39, 0.29) is 16.9 Å². The van der Waals surface area contributed by atoms with Crippen molar-refractivity contribution in [2.75, 3.05) is 6.61 Å². The smallest absolute Gasteiger partial charge is 0.142 e. The molecule has 100 valence electrons. The normalized spacial score (nSPS) is 21.2. The van der Waals surface area contributed by atoms with Gasteiger partial charge in [-0.3, -0.25) is 0 Å². The van der Waals surface area contributed by atoms with E-state index in [1.807, 2.05) is 6.07 Å². The van der Waals surface area contributed by atoms with Crippen LogP contribution in [0.15, 0.2) is 18.2 Å². The number of halogens is 2.